The maximum atomic E-state index is 13.0. The van der Waals surface area contributed by atoms with E-state index >= 15 is 0 Å². The summed E-state index contributed by atoms with van der Waals surface area (Å²) in [5.74, 6) is 0.984. The zero-order chi connectivity index (χ0) is 10.7. The van der Waals surface area contributed by atoms with E-state index in [0.717, 1.165) is 18.6 Å². The van der Waals surface area contributed by atoms with E-state index in [9.17, 15) is 4.39 Å². The highest BCUT2D eigenvalue weighted by molar-refractivity contribution is 9.10. The Labute approximate surface area is 96.4 Å². The molecule has 0 saturated heterocycles. The highest BCUT2D eigenvalue weighted by Crippen LogP contribution is 2.23. The first-order valence-corrected chi connectivity index (χ1v) is 5.54. The van der Waals surface area contributed by atoms with Crippen LogP contribution in [0.25, 0.3) is 0 Å². The minimum Gasteiger partial charge on any atom is -0.458 e. The lowest BCUT2D eigenvalue weighted by atomic mass is 10.2. The van der Waals surface area contributed by atoms with Gasteiger partial charge >= 0.3 is 0 Å². The first kappa shape index (κ1) is 10.4. The molecule has 0 saturated carbocycles. The highest BCUT2D eigenvalue weighted by Gasteiger charge is 2.03. The maximum Gasteiger partial charge on any atom is 0.131 e. The fraction of sp³-hybridized carbons (Fsp3) is 0.167. The molecule has 1 nitrogen and oxygen atoms in total. The lowest BCUT2D eigenvalue weighted by Crippen LogP contribution is -1.95. The largest absolute Gasteiger partial charge is 0.458 e. The van der Waals surface area contributed by atoms with Crippen LogP contribution >= 0.6 is 15.9 Å². The summed E-state index contributed by atoms with van der Waals surface area (Å²) in [7, 11) is 0. The topological polar surface area (TPSA) is 9.23 Å². The fourth-order valence-corrected chi connectivity index (χ4v) is 1.83. The monoisotopic (exact) mass is 268 g/mol. The van der Waals surface area contributed by atoms with Crippen LogP contribution in [0.15, 0.2) is 46.7 Å². The Balaban J connectivity index is 2.16. The van der Waals surface area contributed by atoms with Gasteiger partial charge in [0.1, 0.15) is 17.3 Å². The summed E-state index contributed by atoms with van der Waals surface area (Å²) >= 11 is 3.22. The molecule has 0 aliphatic heterocycles. The van der Waals surface area contributed by atoms with Gasteiger partial charge in [-0.25, -0.2) is 4.39 Å². The van der Waals surface area contributed by atoms with Crippen molar-refractivity contribution in [3.8, 4) is 5.75 Å². The molecule has 3 heteroatoms. The van der Waals surface area contributed by atoms with Crippen LogP contribution < -0.4 is 4.74 Å². The quantitative estimate of drug-likeness (QED) is 0.781. The fourth-order valence-electron chi connectivity index (χ4n) is 1.39. The van der Waals surface area contributed by atoms with Gasteiger partial charge in [0.25, 0.3) is 0 Å². The summed E-state index contributed by atoms with van der Waals surface area (Å²) < 4.78 is 19.2. The van der Waals surface area contributed by atoms with Gasteiger partial charge in [0.05, 0.1) is 0 Å². The molecule has 0 bridgehead atoms. The second kappa shape index (κ2) is 4.62. The molecule has 15 heavy (non-hydrogen) atoms. The molecular weight excluding hydrogens is 259 g/mol. The van der Waals surface area contributed by atoms with E-state index in [1.54, 1.807) is 6.07 Å². The van der Waals surface area contributed by atoms with Crippen molar-refractivity contribution in [3.63, 3.8) is 0 Å². The van der Waals surface area contributed by atoms with Crippen LogP contribution in [-0.2, 0) is 0 Å². The first-order chi connectivity index (χ1) is 7.24. The average molecular weight is 269 g/mol. The molecule has 1 aliphatic rings. The van der Waals surface area contributed by atoms with Crippen LogP contribution in [0.2, 0.25) is 0 Å². The minimum atomic E-state index is -0.306. The van der Waals surface area contributed by atoms with Crippen molar-refractivity contribution in [2.24, 2.45) is 0 Å². The van der Waals surface area contributed by atoms with Crippen molar-refractivity contribution >= 4 is 15.9 Å². The molecule has 0 fully saturated rings. The number of halogens is 2. The Morgan fingerprint density at radius 1 is 1.20 bits per heavy atom. The van der Waals surface area contributed by atoms with E-state index < -0.39 is 0 Å². The summed E-state index contributed by atoms with van der Waals surface area (Å²) in [5, 5.41) is 0. The lowest BCUT2D eigenvalue weighted by molar-refractivity contribution is 0.435. The minimum absolute atomic E-state index is 0.306. The molecule has 0 spiro atoms. The Kier molecular flexibility index (Phi) is 3.21. The van der Waals surface area contributed by atoms with Gasteiger partial charge in [-0.15, -0.1) is 0 Å². The number of ether oxygens (including phenoxy) is 1. The van der Waals surface area contributed by atoms with E-state index in [0.29, 0.717) is 10.2 Å². The van der Waals surface area contributed by atoms with Crippen molar-refractivity contribution in [2.45, 2.75) is 12.8 Å². The zero-order valence-corrected chi connectivity index (χ0v) is 9.63. The molecule has 0 radical (unpaired) electrons. The van der Waals surface area contributed by atoms with Gasteiger partial charge in [-0.1, -0.05) is 22.0 Å². The predicted octanol–water partition coefficient (Wildman–Crippen LogP) is 4.20. The Morgan fingerprint density at radius 3 is 2.73 bits per heavy atom. The van der Waals surface area contributed by atoms with Gasteiger partial charge in [-0.05, 0) is 37.1 Å². The average Bonchev–Trinajstić information content (AvgIpc) is 2.17. The molecule has 78 valence electrons. The molecule has 0 heterocycles. The number of hydrogen-bond acceptors (Lipinski definition) is 1. The Bertz CT molecular complexity index is 403. The molecular formula is C12H10BrFO. The lowest BCUT2D eigenvalue weighted by Gasteiger charge is -2.09. The number of hydrogen-bond donors (Lipinski definition) is 0. The molecule has 2 rings (SSSR count). The van der Waals surface area contributed by atoms with Crippen LogP contribution in [0.5, 0.6) is 5.75 Å². The Morgan fingerprint density at radius 2 is 2.07 bits per heavy atom. The van der Waals surface area contributed by atoms with Crippen molar-refractivity contribution in [2.75, 3.05) is 0 Å². The van der Waals surface area contributed by atoms with Crippen molar-refractivity contribution in [1.82, 2.24) is 0 Å². The molecule has 0 unspecified atom stereocenters. The third-order valence-corrected chi connectivity index (χ3v) is 2.49. The van der Waals surface area contributed by atoms with Crippen LogP contribution in [-0.4, -0.2) is 0 Å². The molecule has 0 aromatic heterocycles. The van der Waals surface area contributed by atoms with E-state index in [2.05, 4.69) is 15.9 Å². The van der Waals surface area contributed by atoms with Gasteiger partial charge in [-0.2, -0.15) is 0 Å². The first-order valence-electron chi connectivity index (χ1n) is 4.75. The molecule has 0 atom stereocenters. The van der Waals surface area contributed by atoms with Crippen LogP contribution in [0.3, 0.4) is 0 Å². The summed E-state index contributed by atoms with van der Waals surface area (Å²) in [6, 6.07) is 4.51. The summed E-state index contributed by atoms with van der Waals surface area (Å²) in [6.07, 6.45) is 7.97. The highest BCUT2D eigenvalue weighted by atomic mass is 79.9. The number of allylic oxidation sites excluding steroid dienone is 3. The second-order valence-corrected chi connectivity index (χ2v) is 4.21. The van der Waals surface area contributed by atoms with Crippen LogP contribution in [0, 0.1) is 5.82 Å². The number of benzene rings is 1. The van der Waals surface area contributed by atoms with Gasteiger partial charge in [0.15, 0.2) is 0 Å². The molecule has 1 aromatic carbocycles. The van der Waals surface area contributed by atoms with E-state index in [4.69, 9.17) is 4.74 Å². The predicted molar refractivity (Wildman–Crippen MR) is 61.2 cm³/mol. The SMILES string of the molecule is Fc1cc(Br)cc(OC2=CCCC=C2)c1. The van der Waals surface area contributed by atoms with Crippen molar-refractivity contribution < 1.29 is 9.13 Å². The normalized spacial score (nSPS) is 14.9. The van der Waals surface area contributed by atoms with E-state index in [1.807, 2.05) is 18.2 Å². The van der Waals surface area contributed by atoms with Crippen molar-refractivity contribution in [3.05, 3.63) is 52.5 Å². The van der Waals surface area contributed by atoms with Crippen LogP contribution in [0.4, 0.5) is 4.39 Å². The standard InChI is InChI=1S/C12H10BrFO/c13-9-6-10(14)8-12(7-9)15-11-4-2-1-3-5-11/h2,4-8H,1,3H2. The van der Waals surface area contributed by atoms with Gasteiger partial charge in [-0.3, -0.25) is 0 Å². The summed E-state index contributed by atoms with van der Waals surface area (Å²) in [4.78, 5) is 0. The molecule has 1 aromatic rings. The third kappa shape index (κ3) is 2.93. The molecule has 0 amide bonds. The smallest absolute Gasteiger partial charge is 0.131 e. The third-order valence-electron chi connectivity index (χ3n) is 2.03. The maximum absolute atomic E-state index is 13.0. The second-order valence-electron chi connectivity index (χ2n) is 3.29. The zero-order valence-electron chi connectivity index (χ0n) is 8.04. The van der Waals surface area contributed by atoms with Crippen LogP contribution in [0.1, 0.15) is 12.8 Å². The molecule has 1 aliphatic carbocycles. The summed E-state index contributed by atoms with van der Waals surface area (Å²) in [6.45, 7) is 0. The Hall–Kier alpha value is -1.09. The van der Waals surface area contributed by atoms with E-state index in [1.165, 1.54) is 12.1 Å². The van der Waals surface area contributed by atoms with Gasteiger partial charge in [0, 0.05) is 10.5 Å². The number of rotatable bonds is 2. The van der Waals surface area contributed by atoms with Gasteiger partial charge in [0.2, 0.25) is 0 Å². The van der Waals surface area contributed by atoms with Gasteiger partial charge < -0.3 is 4.74 Å². The summed E-state index contributed by atoms with van der Waals surface area (Å²) in [5.41, 5.74) is 0. The van der Waals surface area contributed by atoms with Crippen molar-refractivity contribution in [1.29, 1.82) is 0 Å². The van der Waals surface area contributed by atoms with E-state index in [-0.39, 0.29) is 5.82 Å². The molecule has 0 N–H and O–H groups in total.